The fourth-order valence-corrected chi connectivity index (χ4v) is 0.418. The van der Waals surface area contributed by atoms with Gasteiger partial charge < -0.3 is 11.5 Å². The molecule has 0 saturated heterocycles. The van der Waals surface area contributed by atoms with Crippen molar-refractivity contribution in [2.45, 2.75) is 0 Å². The highest BCUT2D eigenvalue weighted by Crippen LogP contribution is 1.87. The van der Waals surface area contributed by atoms with Crippen LogP contribution in [0.2, 0.25) is 0 Å². The minimum Gasteiger partial charge on any atom is -0.393 e. The Hall–Kier alpha value is -1.65. The number of aromatic amines is 1. The molecule has 0 saturated carbocycles. The van der Waals surface area contributed by atoms with Crippen molar-refractivity contribution in [3.63, 3.8) is 0 Å². The zero-order valence-corrected chi connectivity index (χ0v) is 7.52. The molecular weight excluding hydrogens is 216 g/mol. The maximum Gasteiger partial charge on any atom is 0.394 e. The van der Waals surface area contributed by atoms with E-state index in [0.29, 0.717) is 0 Å². The fourth-order valence-electron chi connectivity index (χ4n) is 0.418. The van der Waals surface area contributed by atoms with E-state index in [0.717, 1.165) is 0 Å². The standard InChI is InChI=1S/C4H6N4O.H2O4S/c5-2-1-7-4(6)8-3(2)9;1-5(2,3)4/h1H,5H2,(H3,6,7,8,9);(H2,1,2,3,4). The molecule has 9 nitrogen and oxygen atoms in total. The maximum atomic E-state index is 10.5. The Balaban J connectivity index is 0.000000292. The molecule has 10 heteroatoms. The molecule has 0 aromatic carbocycles. The third kappa shape index (κ3) is 7.02. The van der Waals surface area contributed by atoms with Crippen LogP contribution in [0.5, 0.6) is 0 Å². The number of anilines is 2. The van der Waals surface area contributed by atoms with E-state index in [-0.39, 0.29) is 11.6 Å². The van der Waals surface area contributed by atoms with Crippen LogP contribution in [0.3, 0.4) is 0 Å². The van der Waals surface area contributed by atoms with Crippen molar-refractivity contribution in [1.29, 1.82) is 0 Å². The van der Waals surface area contributed by atoms with E-state index < -0.39 is 16.0 Å². The summed E-state index contributed by atoms with van der Waals surface area (Å²) in [6.45, 7) is 0. The van der Waals surface area contributed by atoms with Gasteiger partial charge in [0.1, 0.15) is 5.69 Å². The summed E-state index contributed by atoms with van der Waals surface area (Å²) in [4.78, 5) is 16.3. The van der Waals surface area contributed by atoms with Gasteiger partial charge in [-0.2, -0.15) is 8.42 Å². The van der Waals surface area contributed by atoms with Crippen molar-refractivity contribution in [3.8, 4) is 0 Å². The van der Waals surface area contributed by atoms with Crippen molar-refractivity contribution in [3.05, 3.63) is 16.6 Å². The van der Waals surface area contributed by atoms with Crippen molar-refractivity contribution in [1.82, 2.24) is 9.97 Å². The first-order valence-corrected chi connectivity index (χ1v) is 4.40. The summed E-state index contributed by atoms with van der Waals surface area (Å²) in [5, 5.41) is 0. The number of aromatic nitrogens is 2. The van der Waals surface area contributed by atoms with E-state index in [1.807, 2.05) is 0 Å². The van der Waals surface area contributed by atoms with Gasteiger partial charge in [-0.3, -0.25) is 18.9 Å². The van der Waals surface area contributed by atoms with Crippen LogP contribution in [0, 0.1) is 0 Å². The molecule has 1 aromatic rings. The van der Waals surface area contributed by atoms with Crippen LogP contribution in [0.4, 0.5) is 11.6 Å². The summed E-state index contributed by atoms with van der Waals surface area (Å²) in [6, 6.07) is 0. The number of nitrogen functional groups attached to an aromatic ring is 2. The van der Waals surface area contributed by atoms with Crippen LogP contribution in [-0.2, 0) is 10.4 Å². The number of nitrogens with two attached hydrogens (primary N) is 2. The van der Waals surface area contributed by atoms with Crippen LogP contribution >= 0.6 is 0 Å². The van der Waals surface area contributed by atoms with Gasteiger partial charge in [0.2, 0.25) is 0 Å². The number of hydrogen-bond donors (Lipinski definition) is 5. The molecule has 80 valence electrons. The van der Waals surface area contributed by atoms with Gasteiger partial charge in [-0.15, -0.1) is 0 Å². The Morgan fingerprint density at radius 3 is 2.07 bits per heavy atom. The Bertz CT molecular complexity index is 443. The molecule has 0 amide bonds. The lowest BCUT2D eigenvalue weighted by molar-refractivity contribution is 0.381. The van der Waals surface area contributed by atoms with Crippen molar-refractivity contribution in [2.24, 2.45) is 0 Å². The van der Waals surface area contributed by atoms with Gasteiger partial charge in [0.15, 0.2) is 5.95 Å². The Morgan fingerprint density at radius 1 is 1.36 bits per heavy atom. The zero-order chi connectivity index (χ0) is 11.4. The second kappa shape index (κ2) is 4.55. The Labute approximate surface area is 78.3 Å². The van der Waals surface area contributed by atoms with E-state index >= 15 is 0 Å². The highest BCUT2D eigenvalue weighted by atomic mass is 32.3. The summed E-state index contributed by atoms with van der Waals surface area (Å²) in [7, 11) is -4.67. The normalized spacial score (nSPS) is 10.1. The van der Waals surface area contributed by atoms with Crippen LogP contribution in [0.25, 0.3) is 0 Å². The molecule has 0 spiro atoms. The minimum absolute atomic E-state index is 0.0733. The summed E-state index contributed by atoms with van der Waals surface area (Å²) >= 11 is 0. The van der Waals surface area contributed by atoms with E-state index in [2.05, 4.69) is 9.97 Å². The molecule has 0 aliphatic heterocycles. The van der Waals surface area contributed by atoms with Gasteiger partial charge in [-0.05, 0) is 0 Å². The molecule has 0 aliphatic carbocycles. The highest BCUT2D eigenvalue weighted by molar-refractivity contribution is 7.79. The quantitative estimate of drug-likeness (QED) is 0.323. The fraction of sp³-hybridized carbons (Fsp3) is 0. The summed E-state index contributed by atoms with van der Waals surface area (Å²) in [5.74, 6) is 0.0780. The lowest BCUT2D eigenvalue weighted by Gasteiger charge is -1.90. The third-order valence-electron chi connectivity index (χ3n) is 0.847. The van der Waals surface area contributed by atoms with Crippen LogP contribution < -0.4 is 17.0 Å². The lowest BCUT2D eigenvalue weighted by Crippen LogP contribution is -2.14. The molecule has 7 N–H and O–H groups in total. The lowest BCUT2D eigenvalue weighted by atomic mass is 10.5. The van der Waals surface area contributed by atoms with E-state index in [4.69, 9.17) is 29.0 Å². The van der Waals surface area contributed by atoms with Crippen LogP contribution in [-0.4, -0.2) is 27.5 Å². The van der Waals surface area contributed by atoms with Gasteiger partial charge in [-0.1, -0.05) is 0 Å². The Kier molecular flexibility index (Phi) is 4.01. The molecule has 0 atom stereocenters. The molecule has 0 aliphatic rings. The second-order valence-electron chi connectivity index (χ2n) is 2.00. The number of nitrogens with one attached hydrogen (secondary N) is 1. The summed E-state index contributed by atoms with van der Waals surface area (Å²) < 4.78 is 31.6. The van der Waals surface area contributed by atoms with Gasteiger partial charge in [0.05, 0.1) is 6.20 Å². The minimum atomic E-state index is -4.67. The first-order valence-electron chi connectivity index (χ1n) is 3.00. The number of hydrogen-bond acceptors (Lipinski definition) is 6. The van der Waals surface area contributed by atoms with Gasteiger partial charge in [-0.25, -0.2) is 4.98 Å². The molecule has 1 heterocycles. The predicted octanol–water partition coefficient (Wildman–Crippen LogP) is -1.72. The van der Waals surface area contributed by atoms with Crippen molar-refractivity contribution in [2.75, 3.05) is 11.5 Å². The average molecular weight is 224 g/mol. The molecule has 0 unspecified atom stereocenters. The monoisotopic (exact) mass is 224 g/mol. The highest BCUT2D eigenvalue weighted by Gasteiger charge is 1.91. The van der Waals surface area contributed by atoms with Crippen LogP contribution in [0.15, 0.2) is 11.0 Å². The first kappa shape index (κ1) is 12.3. The van der Waals surface area contributed by atoms with Crippen molar-refractivity contribution >= 4 is 22.0 Å². The van der Waals surface area contributed by atoms with Gasteiger partial charge >= 0.3 is 10.4 Å². The smallest absolute Gasteiger partial charge is 0.393 e. The van der Waals surface area contributed by atoms with Gasteiger partial charge in [0, 0.05) is 0 Å². The molecule has 0 fully saturated rings. The molecule has 14 heavy (non-hydrogen) atoms. The molecular formula is C4H8N4O5S. The second-order valence-corrected chi connectivity index (χ2v) is 2.90. The number of H-pyrrole nitrogens is 1. The number of nitrogens with zero attached hydrogens (tertiary/aromatic N) is 1. The predicted molar refractivity (Wildman–Crippen MR) is 47.9 cm³/mol. The molecule has 1 aromatic heterocycles. The SMILES string of the molecule is Nc1ncc(N)c(=O)[nH]1.O=S(=O)(O)O. The van der Waals surface area contributed by atoms with E-state index in [1.54, 1.807) is 0 Å². The third-order valence-corrected chi connectivity index (χ3v) is 0.847. The van der Waals surface area contributed by atoms with Gasteiger partial charge in [0.25, 0.3) is 5.56 Å². The van der Waals surface area contributed by atoms with Crippen molar-refractivity contribution < 1.29 is 17.5 Å². The zero-order valence-electron chi connectivity index (χ0n) is 6.71. The topological polar surface area (TPSA) is 172 Å². The summed E-state index contributed by atoms with van der Waals surface area (Å²) in [6.07, 6.45) is 1.22. The molecule has 0 radical (unpaired) electrons. The largest absolute Gasteiger partial charge is 0.394 e. The first-order chi connectivity index (χ1) is 6.20. The molecule has 0 bridgehead atoms. The molecule has 1 rings (SSSR count). The number of rotatable bonds is 0. The van der Waals surface area contributed by atoms with Crippen LogP contribution in [0.1, 0.15) is 0 Å². The Morgan fingerprint density at radius 2 is 1.79 bits per heavy atom. The maximum absolute atomic E-state index is 10.5. The summed E-state index contributed by atoms with van der Waals surface area (Å²) in [5.41, 5.74) is 9.91. The average Bonchev–Trinajstić information content (AvgIpc) is 1.94. The van der Waals surface area contributed by atoms with E-state index in [9.17, 15) is 4.79 Å². The van der Waals surface area contributed by atoms with E-state index in [1.165, 1.54) is 6.20 Å².